The van der Waals surface area contributed by atoms with Gasteiger partial charge in [0, 0.05) is 5.92 Å². The third-order valence-electron chi connectivity index (χ3n) is 7.44. The van der Waals surface area contributed by atoms with Gasteiger partial charge in [0.15, 0.2) is 17.3 Å². The van der Waals surface area contributed by atoms with Crippen LogP contribution in [0, 0.1) is 28.1 Å². The molecule has 166 valence electrons. The van der Waals surface area contributed by atoms with Crippen molar-refractivity contribution in [3.05, 3.63) is 34.6 Å². The molecule has 0 aromatic carbocycles. The zero-order valence-corrected chi connectivity index (χ0v) is 20.1. The second-order valence-electron chi connectivity index (χ2n) is 10.8. The molecule has 1 saturated carbocycles. The summed E-state index contributed by atoms with van der Waals surface area (Å²) in [5, 5.41) is 11.1. The number of rotatable bonds is 6. The Kier molecular flexibility index (Phi) is 6.43. The zero-order chi connectivity index (χ0) is 23.2. The summed E-state index contributed by atoms with van der Waals surface area (Å²) in [4.78, 5) is 40.9. The number of Topliss-reactive ketones (excluding diaryl/α,β-unsaturated/α-hetero) is 3. The van der Waals surface area contributed by atoms with Gasteiger partial charge in [0.05, 0.1) is 5.41 Å². The van der Waals surface area contributed by atoms with Crippen molar-refractivity contribution >= 4 is 17.3 Å². The quantitative estimate of drug-likeness (QED) is 0.332. The molecule has 4 heteroatoms. The Morgan fingerprint density at radius 3 is 2.07 bits per heavy atom. The van der Waals surface area contributed by atoms with Gasteiger partial charge in [0.2, 0.25) is 0 Å². The van der Waals surface area contributed by atoms with Gasteiger partial charge in [-0.2, -0.15) is 0 Å². The number of allylic oxidation sites excluding steroid dienone is 6. The van der Waals surface area contributed by atoms with Crippen LogP contribution in [-0.4, -0.2) is 22.5 Å². The molecule has 0 aliphatic heterocycles. The summed E-state index contributed by atoms with van der Waals surface area (Å²) in [7, 11) is 0. The average molecular weight is 415 g/mol. The van der Waals surface area contributed by atoms with E-state index >= 15 is 0 Å². The minimum absolute atomic E-state index is 0.0162. The van der Waals surface area contributed by atoms with E-state index in [1.165, 1.54) is 5.57 Å². The average Bonchev–Trinajstić information content (AvgIpc) is 2.62. The van der Waals surface area contributed by atoms with Crippen molar-refractivity contribution in [3.8, 4) is 0 Å². The fourth-order valence-corrected chi connectivity index (χ4v) is 5.23. The maximum absolute atomic E-state index is 14.0. The van der Waals surface area contributed by atoms with E-state index in [1.807, 2.05) is 47.6 Å². The Labute approximate surface area is 181 Å². The molecule has 0 aromatic heterocycles. The van der Waals surface area contributed by atoms with Gasteiger partial charge in [-0.1, -0.05) is 51.0 Å². The maximum Gasteiger partial charge on any atom is 0.184 e. The number of carbonyl (C=O) groups is 3. The molecule has 0 aromatic rings. The molecule has 0 heterocycles. The number of hydrogen-bond acceptors (Lipinski definition) is 4. The summed E-state index contributed by atoms with van der Waals surface area (Å²) in [6, 6.07) is 0. The van der Waals surface area contributed by atoms with Crippen molar-refractivity contribution in [1.82, 2.24) is 0 Å². The molecule has 0 radical (unpaired) electrons. The molecule has 0 spiro atoms. The summed E-state index contributed by atoms with van der Waals surface area (Å²) < 4.78 is 0. The first-order chi connectivity index (χ1) is 13.6. The van der Waals surface area contributed by atoms with Crippen molar-refractivity contribution in [1.29, 1.82) is 0 Å². The van der Waals surface area contributed by atoms with Crippen LogP contribution in [0.15, 0.2) is 34.6 Å². The molecule has 2 aliphatic rings. The topological polar surface area (TPSA) is 71.4 Å². The standard InChI is InChI=1S/C26H38O4/c1-15(2)10-11-18-14-25(9)21(28)19(20(27)17(5)6)22(29)26(23(25)30,24(18,7)8)13-12-16(3)4/h10,12,17-18,28H,11,13-14H2,1-9H3/t18-,25+,26?/m1/s1. The minimum atomic E-state index is -1.36. The molecular weight excluding hydrogens is 376 g/mol. The van der Waals surface area contributed by atoms with Crippen molar-refractivity contribution < 1.29 is 19.5 Å². The van der Waals surface area contributed by atoms with Crippen LogP contribution in [0.5, 0.6) is 0 Å². The number of aliphatic hydroxyl groups is 1. The molecule has 1 fully saturated rings. The SMILES string of the molecule is CC(C)=CC[C@@H]1C[C@]2(C)C(=O)C(CC=C(C)C)(C(=O)C(C(=O)C(C)C)=C2O)C1(C)C. The third-order valence-corrected chi connectivity index (χ3v) is 7.44. The number of aliphatic hydroxyl groups excluding tert-OH is 1. The van der Waals surface area contributed by atoms with Crippen LogP contribution in [0.3, 0.4) is 0 Å². The highest BCUT2D eigenvalue weighted by atomic mass is 16.3. The highest BCUT2D eigenvalue weighted by Crippen LogP contribution is 2.65. The molecule has 1 N–H and O–H groups in total. The van der Waals surface area contributed by atoms with E-state index in [4.69, 9.17) is 0 Å². The van der Waals surface area contributed by atoms with Crippen LogP contribution in [0.4, 0.5) is 0 Å². The number of carbonyl (C=O) groups excluding carboxylic acids is 3. The van der Waals surface area contributed by atoms with E-state index in [1.54, 1.807) is 20.8 Å². The lowest BCUT2D eigenvalue weighted by Crippen LogP contribution is -2.66. The first-order valence-electron chi connectivity index (χ1n) is 11.0. The lowest BCUT2D eigenvalue weighted by Gasteiger charge is -2.59. The molecule has 2 aliphatic carbocycles. The van der Waals surface area contributed by atoms with Gasteiger partial charge >= 0.3 is 0 Å². The largest absolute Gasteiger partial charge is 0.510 e. The van der Waals surface area contributed by atoms with Crippen LogP contribution in [-0.2, 0) is 14.4 Å². The molecular formula is C26H38O4. The summed E-state index contributed by atoms with van der Waals surface area (Å²) in [5.74, 6) is -1.85. The first-order valence-corrected chi connectivity index (χ1v) is 11.0. The molecule has 3 atom stereocenters. The normalized spacial score (nSPS) is 30.4. The molecule has 2 rings (SSSR count). The Bertz CT molecular complexity index is 859. The van der Waals surface area contributed by atoms with Gasteiger partial charge in [0.25, 0.3) is 0 Å². The second-order valence-corrected chi connectivity index (χ2v) is 10.8. The van der Waals surface area contributed by atoms with Gasteiger partial charge in [-0.25, -0.2) is 0 Å². The highest BCUT2D eigenvalue weighted by Gasteiger charge is 2.71. The van der Waals surface area contributed by atoms with Crippen LogP contribution >= 0.6 is 0 Å². The molecule has 0 saturated heterocycles. The number of ketones is 3. The van der Waals surface area contributed by atoms with E-state index in [2.05, 4.69) is 6.08 Å². The minimum Gasteiger partial charge on any atom is -0.510 e. The van der Waals surface area contributed by atoms with Crippen LogP contribution in [0.25, 0.3) is 0 Å². The van der Waals surface area contributed by atoms with Crippen LogP contribution in [0.2, 0.25) is 0 Å². The van der Waals surface area contributed by atoms with Crippen molar-refractivity contribution in [2.75, 3.05) is 0 Å². The van der Waals surface area contributed by atoms with E-state index in [0.29, 0.717) is 6.42 Å². The molecule has 4 nitrogen and oxygen atoms in total. The first kappa shape index (κ1) is 24.3. The van der Waals surface area contributed by atoms with Gasteiger partial charge in [0.1, 0.15) is 16.7 Å². The van der Waals surface area contributed by atoms with Crippen molar-refractivity contribution in [2.24, 2.45) is 28.1 Å². The smallest absolute Gasteiger partial charge is 0.184 e. The van der Waals surface area contributed by atoms with Gasteiger partial charge < -0.3 is 5.11 Å². The predicted octanol–water partition coefficient (Wildman–Crippen LogP) is 5.93. The molecule has 1 unspecified atom stereocenters. The van der Waals surface area contributed by atoms with E-state index in [9.17, 15) is 19.5 Å². The monoisotopic (exact) mass is 414 g/mol. The Hall–Kier alpha value is -1.97. The fourth-order valence-electron chi connectivity index (χ4n) is 5.23. The summed E-state index contributed by atoms with van der Waals surface area (Å²) in [6.07, 6.45) is 5.47. The van der Waals surface area contributed by atoms with Crippen LogP contribution < -0.4 is 0 Å². The molecule has 0 amide bonds. The van der Waals surface area contributed by atoms with Crippen LogP contribution in [0.1, 0.15) is 81.6 Å². The maximum atomic E-state index is 14.0. The summed E-state index contributed by atoms with van der Waals surface area (Å²) in [6.45, 7) is 17.1. The Balaban J connectivity index is 2.87. The second kappa shape index (κ2) is 7.94. The predicted molar refractivity (Wildman–Crippen MR) is 120 cm³/mol. The van der Waals surface area contributed by atoms with E-state index < -0.39 is 27.9 Å². The molecule has 30 heavy (non-hydrogen) atoms. The van der Waals surface area contributed by atoms with Gasteiger partial charge in [-0.3, -0.25) is 14.4 Å². The van der Waals surface area contributed by atoms with E-state index in [0.717, 1.165) is 12.0 Å². The summed E-state index contributed by atoms with van der Waals surface area (Å²) in [5.41, 5.74) is -1.20. The summed E-state index contributed by atoms with van der Waals surface area (Å²) >= 11 is 0. The lowest BCUT2D eigenvalue weighted by molar-refractivity contribution is -0.170. The van der Waals surface area contributed by atoms with Crippen molar-refractivity contribution in [2.45, 2.75) is 81.6 Å². The fraction of sp³-hybridized carbons (Fsp3) is 0.654. The lowest BCUT2D eigenvalue weighted by atomic mass is 9.40. The number of hydrogen-bond donors (Lipinski definition) is 1. The van der Waals surface area contributed by atoms with E-state index in [-0.39, 0.29) is 35.2 Å². The Morgan fingerprint density at radius 1 is 1.07 bits per heavy atom. The van der Waals surface area contributed by atoms with Crippen molar-refractivity contribution in [3.63, 3.8) is 0 Å². The molecule has 2 bridgehead atoms. The Morgan fingerprint density at radius 2 is 1.60 bits per heavy atom. The third kappa shape index (κ3) is 3.42. The zero-order valence-electron chi connectivity index (χ0n) is 20.1. The van der Waals surface area contributed by atoms with Gasteiger partial charge in [-0.05, 0) is 65.2 Å². The number of fused-ring (bicyclic) bond motifs is 2. The van der Waals surface area contributed by atoms with Gasteiger partial charge in [-0.15, -0.1) is 0 Å². The highest BCUT2D eigenvalue weighted by molar-refractivity contribution is 6.32.